The van der Waals surface area contributed by atoms with E-state index in [2.05, 4.69) is 34.5 Å². The van der Waals surface area contributed by atoms with Gasteiger partial charge in [-0.05, 0) is 50.5 Å². The summed E-state index contributed by atoms with van der Waals surface area (Å²) in [6.45, 7) is 4.03. The fourth-order valence-corrected chi connectivity index (χ4v) is 5.20. The van der Waals surface area contributed by atoms with E-state index >= 15 is 0 Å². The molecule has 1 aromatic carbocycles. The van der Waals surface area contributed by atoms with Gasteiger partial charge in [-0.2, -0.15) is 0 Å². The number of carbonyl (C=O) groups is 2. The maximum absolute atomic E-state index is 13.1. The molecule has 1 saturated heterocycles. The van der Waals surface area contributed by atoms with Gasteiger partial charge in [0.05, 0.1) is 5.25 Å². The molecule has 2 N–H and O–H groups in total. The smallest absolute Gasteiger partial charge is 0.235 e. The summed E-state index contributed by atoms with van der Waals surface area (Å²) >= 11 is 1.44. The lowest BCUT2D eigenvalue weighted by molar-refractivity contribution is -0.131. The van der Waals surface area contributed by atoms with Gasteiger partial charge in [-0.3, -0.25) is 9.59 Å². The number of rotatable bonds is 9. The molecule has 1 aromatic heterocycles. The number of nitrogens with two attached hydrogens (primary N) is 1. The van der Waals surface area contributed by atoms with Crippen LogP contribution in [0.1, 0.15) is 56.3 Å². The molecular weight excluding hydrogens is 410 g/mol. The second kappa shape index (κ2) is 9.85. The van der Waals surface area contributed by atoms with Crippen molar-refractivity contribution in [2.24, 2.45) is 11.7 Å². The van der Waals surface area contributed by atoms with Gasteiger partial charge in [0, 0.05) is 32.0 Å². The first kappa shape index (κ1) is 21.9. The molecule has 2 aliphatic rings. The molecule has 0 bridgehead atoms. The standard InChI is InChI=1S/C23H31N5O2S/c1-16(31-23-26-25-21(19-7-8-19)28(23)14-11-20(24)29)22(30)27-12-9-18(10-13-27)15-17-5-3-2-4-6-17/h2-6,16,18-19H,7-15H2,1H3,(H2,24,29). The topological polar surface area (TPSA) is 94.1 Å². The first-order chi connectivity index (χ1) is 15.0. The Bertz CT molecular complexity index is 904. The van der Waals surface area contributed by atoms with Gasteiger partial charge in [0.15, 0.2) is 5.16 Å². The van der Waals surface area contributed by atoms with Crippen LogP contribution in [0.3, 0.4) is 0 Å². The summed E-state index contributed by atoms with van der Waals surface area (Å²) in [7, 11) is 0. The number of hydrogen-bond acceptors (Lipinski definition) is 5. The minimum absolute atomic E-state index is 0.153. The highest BCUT2D eigenvalue weighted by Crippen LogP contribution is 2.40. The Morgan fingerprint density at radius 1 is 1.13 bits per heavy atom. The van der Waals surface area contributed by atoms with Gasteiger partial charge in [-0.1, -0.05) is 42.1 Å². The van der Waals surface area contributed by atoms with Crippen molar-refractivity contribution in [3.8, 4) is 0 Å². The number of hydrogen-bond donors (Lipinski definition) is 1. The lowest BCUT2D eigenvalue weighted by atomic mass is 9.90. The highest BCUT2D eigenvalue weighted by Gasteiger charge is 2.32. The predicted molar refractivity (Wildman–Crippen MR) is 121 cm³/mol. The zero-order valence-electron chi connectivity index (χ0n) is 18.1. The molecule has 1 unspecified atom stereocenters. The fourth-order valence-electron chi connectivity index (χ4n) is 4.23. The number of benzene rings is 1. The van der Waals surface area contributed by atoms with Crippen LogP contribution in [0.5, 0.6) is 0 Å². The summed E-state index contributed by atoms with van der Waals surface area (Å²) in [5.41, 5.74) is 6.72. The molecule has 7 nitrogen and oxygen atoms in total. The summed E-state index contributed by atoms with van der Waals surface area (Å²) in [6.07, 6.45) is 5.62. The molecule has 31 heavy (non-hydrogen) atoms. The van der Waals surface area contributed by atoms with E-state index in [0.29, 0.717) is 23.5 Å². The number of likely N-dealkylation sites (tertiary alicyclic amines) is 1. The van der Waals surface area contributed by atoms with Gasteiger partial charge in [0.1, 0.15) is 5.82 Å². The van der Waals surface area contributed by atoms with Crippen molar-refractivity contribution in [1.82, 2.24) is 19.7 Å². The largest absolute Gasteiger partial charge is 0.370 e. The van der Waals surface area contributed by atoms with E-state index in [-0.39, 0.29) is 23.5 Å². The number of amides is 2. The zero-order chi connectivity index (χ0) is 21.8. The molecule has 2 heterocycles. The maximum atomic E-state index is 13.1. The number of primary amides is 1. The van der Waals surface area contributed by atoms with Crippen molar-refractivity contribution < 1.29 is 9.59 Å². The second-order valence-corrected chi connectivity index (χ2v) is 10.0. The van der Waals surface area contributed by atoms with Crippen molar-refractivity contribution in [2.75, 3.05) is 13.1 Å². The minimum Gasteiger partial charge on any atom is -0.370 e. The second-order valence-electron chi connectivity index (χ2n) is 8.70. The quantitative estimate of drug-likeness (QED) is 0.604. The van der Waals surface area contributed by atoms with Crippen LogP contribution in [0.25, 0.3) is 0 Å². The van der Waals surface area contributed by atoms with Crippen LogP contribution in [0.15, 0.2) is 35.5 Å². The average molecular weight is 442 g/mol. The fraction of sp³-hybridized carbons (Fsp3) is 0.565. The van der Waals surface area contributed by atoms with Crippen molar-refractivity contribution in [2.45, 2.75) is 68.3 Å². The molecule has 1 saturated carbocycles. The van der Waals surface area contributed by atoms with Crippen LogP contribution in [0.4, 0.5) is 0 Å². The first-order valence-corrected chi connectivity index (χ1v) is 12.1. The third-order valence-electron chi connectivity index (χ3n) is 6.19. The third kappa shape index (κ3) is 5.67. The molecule has 2 aromatic rings. The number of aromatic nitrogens is 3. The van der Waals surface area contributed by atoms with Crippen LogP contribution in [0, 0.1) is 5.92 Å². The van der Waals surface area contributed by atoms with Crippen LogP contribution in [-0.2, 0) is 22.6 Å². The van der Waals surface area contributed by atoms with E-state index in [1.54, 1.807) is 0 Å². The molecule has 0 radical (unpaired) electrons. The molecule has 2 fully saturated rings. The van der Waals surface area contributed by atoms with Crippen molar-refractivity contribution in [1.29, 1.82) is 0 Å². The van der Waals surface area contributed by atoms with Crippen LogP contribution in [-0.4, -0.2) is 49.8 Å². The molecule has 1 aliphatic carbocycles. The summed E-state index contributed by atoms with van der Waals surface area (Å²) in [5.74, 6) is 1.79. The maximum Gasteiger partial charge on any atom is 0.235 e. The normalized spacial score (nSPS) is 18.2. The number of carbonyl (C=O) groups excluding carboxylic acids is 2. The monoisotopic (exact) mass is 441 g/mol. The highest BCUT2D eigenvalue weighted by molar-refractivity contribution is 8.00. The lowest BCUT2D eigenvalue weighted by Gasteiger charge is -2.33. The SMILES string of the molecule is CC(Sc1nnc(C2CC2)n1CCC(N)=O)C(=O)N1CCC(Cc2ccccc2)CC1. The van der Waals surface area contributed by atoms with E-state index in [9.17, 15) is 9.59 Å². The Hall–Kier alpha value is -2.35. The summed E-state index contributed by atoms with van der Waals surface area (Å²) < 4.78 is 1.99. The van der Waals surface area contributed by atoms with E-state index in [1.165, 1.54) is 17.3 Å². The zero-order valence-corrected chi connectivity index (χ0v) is 18.9. The number of nitrogens with zero attached hydrogens (tertiary/aromatic N) is 4. The lowest BCUT2D eigenvalue weighted by Crippen LogP contribution is -2.42. The Morgan fingerprint density at radius 2 is 1.84 bits per heavy atom. The predicted octanol–water partition coefficient (Wildman–Crippen LogP) is 2.99. The van der Waals surface area contributed by atoms with Crippen LogP contribution in [0.2, 0.25) is 0 Å². The van der Waals surface area contributed by atoms with Crippen molar-refractivity contribution in [3.63, 3.8) is 0 Å². The first-order valence-electron chi connectivity index (χ1n) is 11.2. The van der Waals surface area contributed by atoms with Gasteiger partial charge in [0.25, 0.3) is 0 Å². The van der Waals surface area contributed by atoms with Gasteiger partial charge in [-0.25, -0.2) is 0 Å². The molecule has 4 rings (SSSR count). The van der Waals surface area contributed by atoms with E-state index in [1.807, 2.05) is 22.5 Å². The average Bonchev–Trinajstić information content (AvgIpc) is 3.54. The highest BCUT2D eigenvalue weighted by atomic mass is 32.2. The summed E-state index contributed by atoms with van der Waals surface area (Å²) in [4.78, 5) is 26.3. The molecule has 166 valence electrons. The molecule has 1 atom stereocenters. The third-order valence-corrected chi connectivity index (χ3v) is 7.26. The summed E-state index contributed by atoms with van der Waals surface area (Å²) in [5, 5.41) is 9.15. The van der Waals surface area contributed by atoms with E-state index < -0.39 is 0 Å². The van der Waals surface area contributed by atoms with Crippen molar-refractivity contribution >= 4 is 23.6 Å². The minimum atomic E-state index is -0.339. The Labute approximate surface area is 187 Å². The van der Waals surface area contributed by atoms with Gasteiger partial charge < -0.3 is 15.2 Å². The Morgan fingerprint density at radius 3 is 2.48 bits per heavy atom. The molecule has 0 spiro atoms. The van der Waals surface area contributed by atoms with Crippen molar-refractivity contribution in [3.05, 3.63) is 41.7 Å². The Balaban J connectivity index is 1.32. The van der Waals surface area contributed by atoms with Gasteiger partial charge in [0.2, 0.25) is 11.8 Å². The molecule has 8 heteroatoms. The van der Waals surface area contributed by atoms with E-state index in [0.717, 1.165) is 51.0 Å². The Kier molecular flexibility index (Phi) is 6.95. The summed E-state index contributed by atoms with van der Waals surface area (Å²) in [6, 6.07) is 10.6. The van der Waals surface area contributed by atoms with E-state index in [4.69, 9.17) is 5.73 Å². The van der Waals surface area contributed by atoms with Gasteiger partial charge >= 0.3 is 0 Å². The molecule has 2 amide bonds. The number of thioether (sulfide) groups is 1. The molecular formula is C23H31N5O2S. The molecule has 1 aliphatic heterocycles. The number of piperidine rings is 1. The van der Waals surface area contributed by atoms with Crippen LogP contribution >= 0.6 is 11.8 Å². The van der Waals surface area contributed by atoms with Crippen LogP contribution < -0.4 is 5.73 Å². The van der Waals surface area contributed by atoms with Gasteiger partial charge in [-0.15, -0.1) is 10.2 Å².